The molecule has 2 fully saturated rings. The first kappa shape index (κ1) is 19.4. The fourth-order valence-electron chi connectivity index (χ4n) is 4.08. The quantitative estimate of drug-likeness (QED) is 0.864. The lowest BCUT2D eigenvalue weighted by Gasteiger charge is -2.37. The second-order valence-corrected chi connectivity index (χ2v) is 7.75. The summed E-state index contributed by atoms with van der Waals surface area (Å²) in [6.45, 7) is 8.69. The highest BCUT2D eigenvalue weighted by Gasteiger charge is 2.50. The summed E-state index contributed by atoms with van der Waals surface area (Å²) < 4.78 is 0. The van der Waals surface area contributed by atoms with E-state index in [2.05, 4.69) is 19.2 Å². The number of fused-ring (bicyclic) bond motifs is 1. The Balaban J connectivity index is 1.87. The average Bonchev–Trinajstić information content (AvgIpc) is 3.07. The smallest absolute Gasteiger partial charge is 0.329 e. The molecular weight excluding hydrogens is 342 g/mol. The van der Waals surface area contributed by atoms with Crippen molar-refractivity contribution in [3.05, 3.63) is 29.8 Å². The zero-order valence-corrected chi connectivity index (χ0v) is 16.6. The molecule has 2 atom stereocenters. The standard InChI is InChI=1S/C21H29N3O3/c1-5-14(6-2)19(25)23-12-11-17-18(23)20(26)24(21(27)22-17)16-9-7-15(8-10-16)13(3)4/h7-10,13-14,17-18H,5-6,11-12H2,1-4H3,(H,22,27)/t17-,18+/m1/s1. The minimum atomic E-state index is -0.611. The van der Waals surface area contributed by atoms with E-state index in [-0.39, 0.29) is 23.8 Å². The molecule has 0 aromatic heterocycles. The van der Waals surface area contributed by atoms with Crippen molar-refractivity contribution in [3.63, 3.8) is 0 Å². The maximum Gasteiger partial charge on any atom is 0.329 e. The number of anilines is 1. The lowest BCUT2D eigenvalue weighted by atomic mass is 9.99. The van der Waals surface area contributed by atoms with Crippen molar-refractivity contribution in [3.8, 4) is 0 Å². The van der Waals surface area contributed by atoms with Gasteiger partial charge in [0.15, 0.2) is 0 Å². The van der Waals surface area contributed by atoms with Crippen molar-refractivity contribution in [1.82, 2.24) is 10.2 Å². The Kier molecular flexibility index (Phi) is 5.53. The van der Waals surface area contributed by atoms with Crippen molar-refractivity contribution in [2.24, 2.45) is 5.92 Å². The molecule has 4 amide bonds. The van der Waals surface area contributed by atoms with Crippen LogP contribution >= 0.6 is 0 Å². The lowest BCUT2D eigenvalue weighted by Crippen LogP contribution is -2.65. The molecule has 1 aromatic carbocycles. The molecule has 146 valence electrons. The summed E-state index contributed by atoms with van der Waals surface area (Å²) in [6.07, 6.45) is 2.13. The van der Waals surface area contributed by atoms with Crippen LogP contribution in [-0.4, -0.2) is 41.4 Å². The monoisotopic (exact) mass is 371 g/mol. The Morgan fingerprint density at radius 3 is 2.33 bits per heavy atom. The van der Waals surface area contributed by atoms with Crippen LogP contribution in [0.5, 0.6) is 0 Å². The number of nitrogens with zero attached hydrogens (tertiary/aromatic N) is 2. The van der Waals surface area contributed by atoms with E-state index in [4.69, 9.17) is 0 Å². The second kappa shape index (κ2) is 7.71. The lowest BCUT2D eigenvalue weighted by molar-refractivity contribution is -0.141. The van der Waals surface area contributed by atoms with Crippen molar-refractivity contribution in [1.29, 1.82) is 0 Å². The molecule has 1 N–H and O–H groups in total. The van der Waals surface area contributed by atoms with Crippen LogP contribution in [0.3, 0.4) is 0 Å². The van der Waals surface area contributed by atoms with Gasteiger partial charge in [0, 0.05) is 12.5 Å². The van der Waals surface area contributed by atoms with Gasteiger partial charge in [-0.05, 0) is 42.9 Å². The third-order valence-electron chi connectivity index (χ3n) is 5.82. The predicted octanol–water partition coefficient (Wildman–Crippen LogP) is 3.27. The van der Waals surface area contributed by atoms with Crippen LogP contribution in [0.25, 0.3) is 0 Å². The van der Waals surface area contributed by atoms with E-state index in [1.165, 1.54) is 4.90 Å². The van der Waals surface area contributed by atoms with Crippen molar-refractivity contribution in [2.75, 3.05) is 11.4 Å². The Morgan fingerprint density at radius 2 is 1.78 bits per heavy atom. The van der Waals surface area contributed by atoms with Crippen LogP contribution < -0.4 is 10.2 Å². The Bertz CT molecular complexity index is 725. The molecule has 1 aromatic rings. The number of amides is 4. The van der Waals surface area contributed by atoms with Gasteiger partial charge < -0.3 is 10.2 Å². The zero-order valence-electron chi connectivity index (χ0n) is 16.6. The number of hydrogen-bond donors (Lipinski definition) is 1. The Hall–Kier alpha value is -2.37. The highest BCUT2D eigenvalue weighted by Crippen LogP contribution is 2.30. The van der Waals surface area contributed by atoms with Gasteiger partial charge in [-0.1, -0.05) is 39.8 Å². The predicted molar refractivity (Wildman–Crippen MR) is 105 cm³/mol. The van der Waals surface area contributed by atoms with Gasteiger partial charge >= 0.3 is 6.03 Å². The van der Waals surface area contributed by atoms with Gasteiger partial charge in [0.05, 0.1) is 11.7 Å². The molecule has 2 heterocycles. The van der Waals surface area contributed by atoms with Crippen LogP contribution in [0.2, 0.25) is 0 Å². The molecule has 0 bridgehead atoms. The summed E-state index contributed by atoms with van der Waals surface area (Å²) in [5, 5.41) is 2.93. The highest BCUT2D eigenvalue weighted by molar-refractivity contribution is 6.19. The molecule has 2 aliphatic heterocycles. The van der Waals surface area contributed by atoms with E-state index in [0.29, 0.717) is 24.6 Å². The van der Waals surface area contributed by atoms with Crippen molar-refractivity contribution < 1.29 is 14.4 Å². The van der Waals surface area contributed by atoms with E-state index in [9.17, 15) is 14.4 Å². The SMILES string of the molecule is CCC(CC)C(=O)N1CC[C@H]2NC(=O)N(c3ccc(C(C)C)cc3)C(=O)[C@H]21. The average molecular weight is 371 g/mol. The van der Waals surface area contributed by atoms with E-state index < -0.39 is 12.1 Å². The number of benzene rings is 1. The van der Waals surface area contributed by atoms with Gasteiger partial charge in [0.2, 0.25) is 5.91 Å². The summed E-state index contributed by atoms with van der Waals surface area (Å²) in [4.78, 5) is 41.6. The van der Waals surface area contributed by atoms with Gasteiger partial charge in [-0.3, -0.25) is 9.59 Å². The molecule has 0 spiro atoms. The number of rotatable bonds is 5. The zero-order chi connectivity index (χ0) is 19.7. The number of urea groups is 1. The van der Waals surface area contributed by atoms with E-state index in [1.807, 2.05) is 26.0 Å². The third-order valence-corrected chi connectivity index (χ3v) is 5.82. The van der Waals surface area contributed by atoms with Crippen LogP contribution in [0.15, 0.2) is 24.3 Å². The fraction of sp³-hybridized carbons (Fsp3) is 0.571. The molecule has 27 heavy (non-hydrogen) atoms. The van der Waals surface area contributed by atoms with Crippen LogP contribution in [-0.2, 0) is 9.59 Å². The maximum atomic E-state index is 13.2. The van der Waals surface area contributed by atoms with E-state index in [0.717, 1.165) is 18.4 Å². The molecule has 0 saturated carbocycles. The molecule has 0 radical (unpaired) electrons. The minimum absolute atomic E-state index is 0.0205. The highest BCUT2D eigenvalue weighted by atomic mass is 16.2. The second-order valence-electron chi connectivity index (χ2n) is 7.75. The van der Waals surface area contributed by atoms with Crippen molar-refractivity contribution >= 4 is 23.5 Å². The number of hydrogen-bond acceptors (Lipinski definition) is 3. The minimum Gasteiger partial charge on any atom is -0.332 e. The molecule has 3 rings (SSSR count). The summed E-state index contributed by atoms with van der Waals surface area (Å²) in [5.74, 6) is 0.00944. The first-order valence-electron chi connectivity index (χ1n) is 9.93. The maximum absolute atomic E-state index is 13.2. The summed E-state index contributed by atoms with van der Waals surface area (Å²) >= 11 is 0. The van der Waals surface area contributed by atoms with Gasteiger partial charge in [-0.15, -0.1) is 0 Å². The molecule has 2 aliphatic rings. The number of carbonyl (C=O) groups excluding carboxylic acids is 3. The molecule has 0 unspecified atom stereocenters. The topological polar surface area (TPSA) is 69.7 Å². The van der Waals surface area contributed by atoms with Crippen LogP contribution in [0, 0.1) is 5.92 Å². The van der Waals surface area contributed by atoms with Gasteiger partial charge in [0.25, 0.3) is 5.91 Å². The van der Waals surface area contributed by atoms with Crippen LogP contribution in [0.4, 0.5) is 10.5 Å². The summed E-state index contributed by atoms with van der Waals surface area (Å²) in [6, 6.07) is 6.16. The fourth-order valence-corrected chi connectivity index (χ4v) is 4.08. The number of likely N-dealkylation sites (tertiary alicyclic amines) is 1. The molecule has 2 saturated heterocycles. The number of nitrogens with one attached hydrogen (secondary N) is 1. The Morgan fingerprint density at radius 1 is 1.15 bits per heavy atom. The summed E-state index contributed by atoms with van der Waals surface area (Å²) in [5.41, 5.74) is 1.69. The number of imide groups is 1. The first-order chi connectivity index (χ1) is 12.9. The number of carbonyl (C=O) groups is 3. The van der Waals surface area contributed by atoms with E-state index >= 15 is 0 Å². The van der Waals surface area contributed by atoms with E-state index in [1.54, 1.807) is 17.0 Å². The molecule has 0 aliphatic carbocycles. The van der Waals surface area contributed by atoms with Gasteiger partial charge in [0.1, 0.15) is 6.04 Å². The Labute approximate surface area is 160 Å². The molecule has 6 nitrogen and oxygen atoms in total. The largest absolute Gasteiger partial charge is 0.332 e. The normalized spacial score (nSPS) is 22.4. The van der Waals surface area contributed by atoms with Gasteiger partial charge in [-0.2, -0.15) is 0 Å². The van der Waals surface area contributed by atoms with Crippen LogP contribution in [0.1, 0.15) is 58.4 Å². The summed E-state index contributed by atoms with van der Waals surface area (Å²) in [7, 11) is 0. The molecule has 6 heteroatoms. The first-order valence-corrected chi connectivity index (χ1v) is 9.93. The van der Waals surface area contributed by atoms with Gasteiger partial charge in [-0.25, -0.2) is 9.69 Å². The third kappa shape index (κ3) is 3.45. The molecular formula is C21H29N3O3. The van der Waals surface area contributed by atoms with Crippen molar-refractivity contribution in [2.45, 2.75) is 65.0 Å².